The van der Waals surface area contributed by atoms with Crippen molar-refractivity contribution in [1.82, 2.24) is 0 Å². The molecular formula is C13H18N2O. The molecule has 0 aliphatic carbocycles. The third kappa shape index (κ3) is 3.92. The van der Waals surface area contributed by atoms with Gasteiger partial charge in [-0.25, -0.2) is 0 Å². The molecule has 0 amide bonds. The van der Waals surface area contributed by atoms with E-state index in [1.165, 1.54) is 0 Å². The Morgan fingerprint density at radius 2 is 2.25 bits per heavy atom. The average Bonchev–Trinajstić information content (AvgIpc) is 2.29. The minimum absolute atomic E-state index is 0.696. The Bertz CT molecular complexity index is 369. The summed E-state index contributed by atoms with van der Waals surface area (Å²) >= 11 is 0. The SMILES string of the molecule is CCOCCCNc1cc(C)ccc1C#N. The lowest BCUT2D eigenvalue weighted by atomic mass is 10.1. The summed E-state index contributed by atoms with van der Waals surface area (Å²) < 4.78 is 5.25. The van der Waals surface area contributed by atoms with Gasteiger partial charge in [0, 0.05) is 19.8 Å². The molecule has 0 atom stereocenters. The van der Waals surface area contributed by atoms with E-state index in [1.54, 1.807) is 0 Å². The number of nitriles is 1. The normalized spacial score (nSPS) is 9.81. The number of benzene rings is 1. The van der Waals surface area contributed by atoms with Gasteiger partial charge in [-0.1, -0.05) is 6.07 Å². The van der Waals surface area contributed by atoms with Gasteiger partial charge in [0.05, 0.1) is 11.3 Å². The van der Waals surface area contributed by atoms with Crippen molar-refractivity contribution in [3.63, 3.8) is 0 Å². The lowest BCUT2D eigenvalue weighted by Crippen LogP contribution is -2.06. The van der Waals surface area contributed by atoms with E-state index in [9.17, 15) is 0 Å². The van der Waals surface area contributed by atoms with Crippen LogP contribution in [0.1, 0.15) is 24.5 Å². The fourth-order valence-electron chi connectivity index (χ4n) is 1.44. The van der Waals surface area contributed by atoms with Crippen molar-refractivity contribution in [1.29, 1.82) is 5.26 Å². The van der Waals surface area contributed by atoms with E-state index in [1.807, 2.05) is 32.0 Å². The van der Waals surface area contributed by atoms with Crippen LogP contribution in [0.15, 0.2) is 18.2 Å². The van der Waals surface area contributed by atoms with Gasteiger partial charge in [-0.15, -0.1) is 0 Å². The van der Waals surface area contributed by atoms with Gasteiger partial charge in [0.2, 0.25) is 0 Å². The molecule has 0 unspecified atom stereocenters. The lowest BCUT2D eigenvalue weighted by Gasteiger charge is -2.08. The Morgan fingerprint density at radius 3 is 2.94 bits per heavy atom. The zero-order chi connectivity index (χ0) is 11.8. The highest BCUT2D eigenvalue weighted by Gasteiger charge is 2.00. The zero-order valence-electron chi connectivity index (χ0n) is 9.92. The molecule has 0 fully saturated rings. The van der Waals surface area contributed by atoms with E-state index in [4.69, 9.17) is 10.00 Å². The third-order valence-corrected chi connectivity index (χ3v) is 2.28. The van der Waals surface area contributed by atoms with Crippen molar-refractivity contribution in [2.24, 2.45) is 0 Å². The molecule has 3 nitrogen and oxygen atoms in total. The van der Waals surface area contributed by atoms with Gasteiger partial charge in [-0.3, -0.25) is 0 Å². The Morgan fingerprint density at radius 1 is 1.44 bits per heavy atom. The van der Waals surface area contributed by atoms with Crippen molar-refractivity contribution in [2.75, 3.05) is 25.1 Å². The summed E-state index contributed by atoms with van der Waals surface area (Å²) in [6.07, 6.45) is 0.951. The molecule has 0 aliphatic heterocycles. The highest BCUT2D eigenvalue weighted by atomic mass is 16.5. The summed E-state index contributed by atoms with van der Waals surface area (Å²) in [6, 6.07) is 7.98. The molecule has 16 heavy (non-hydrogen) atoms. The van der Waals surface area contributed by atoms with Gasteiger partial charge in [0.15, 0.2) is 0 Å². The number of rotatable bonds is 6. The molecule has 1 aromatic carbocycles. The Balaban J connectivity index is 2.46. The molecule has 0 aliphatic rings. The van der Waals surface area contributed by atoms with Gasteiger partial charge < -0.3 is 10.1 Å². The highest BCUT2D eigenvalue weighted by Crippen LogP contribution is 2.16. The Labute approximate surface area is 97.0 Å². The predicted octanol–water partition coefficient (Wildman–Crippen LogP) is 2.71. The molecule has 0 aromatic heterocycles. The maximum atomic E-state index is 8.94. The first-order valence-corrected chi connectivity index (χ1v) is 5.60. The summed E-state index contributed by atoms with van der Waals surface area (Å²) in [5.74, 6) is 0. The minimum Gasteiger partial charge on any atom is -0.384 e. The second-order valence-electron chi connectivity index (χ2n) is 3.64. The van der Waals surface area contributed by atoms with Gasteiger partial charge in [-0.05, 0) is 38.0 Å². The lowest BCUT2D eigenvalue weighted by molar-refractivity contribution is 0.147. The van der Waals surface area contributed by atoms with Crippen LogP contribution in [0, 0.1) is 18.3 Å². The van der Waals surface area contributed by atoms with Crippen molar-refractivity contribution in [3.8, 4) is 6.07 Å². The highest BCUT2D eigenvalue weighted by molar-refractivity contribution is 5.58. The first-order chi connectivity index (χ1) is 7.77. The predicted molar refractivity (Wildman–Crippen MR) is 65.5 cm³/mol. The first-order valence-electron chi connectivity index (χ1n) is 5.60. The van der Waals surface area contributed by atoms with Gasteiger partial charge in [0.25, 0.3) is 0 Å². The number of hydrogen-bond donors (Lipinski definition) is 1. The van der Waals surface area contributed by atoms with Crippen LogP contribution >= 0.6 is 0 Å². The van der Waals surface area contributed by atoms with Crippen molar-refractivity contribution in [3.05, 3.63) is 29.3 Å². The van der Waals surface area contributed by atoms with E-state index in [0.29, 0.717) is 5.56 Å². The second kappa shape index (κ2) is 6.86. The van der Waals surface area contributed by atoms with Crippen LogP contribution < -0.4 is 5.32 Å². The summed E-state index contributed by atoms with van der Waals surface area (Å²) in [5.41, 5.74) is 2.77. The molecule has 0 spiro atoms. The van der Waals surface area contributed by atoms with E-state index in [-0.39, 0.29) is 0 Å². The van der Waals surface area contributed by atoms with E-state index in [0.717, 1.165) is 37.4 Å². The molecule has 1 N–H and O–H groups in total. The number of aryl methyl sites for hydroxylation is 1. The fourth-order valence-corrected chi connectivity index (χ4v) is 1.44. The molecule has 86 valence electrons. The molecule has 0 radical (unpaired) electrons. The Hall–Kier alpha value is -1.53. The topological polar surface area (TPSA) is 45.0 Å². The van der Waals surface area contributed by atoms with Crippen LogP contribution in [0.4, 0.5) is 5.69 Å². The molecule has 1 rings (SSSR count). The summed E-state index contributed by atoms with van der Waals surface area (Å²) in [6.45, 7) is 6.36. The Kier molecular flexibility index (Phi) is 5.38. The molecule has 3 heteroatoms. The summed E-state index contributed by atoms with van der Waals surface area (Å²) in [5, 5.41) is 12.2. The van der Waals surface area contributed by atoms with Crippen LogP contribution in [-0.4, -0.2) is 19.8 Å². The maximum Gasteiger partial charge on any atom is 0.101 e. The molecule has 0 saturated heterocycles. The molecule has 0 saturated carbocycles. The fraction of sp³-hybridized carbons (Fsp3) is 0.462. The molecule has 1 aromatic rings. The van der Waals surface area contributed by atoms with E-state index >= 15 is 0 Å². The van der Waals surface area contributed by atoms with Gasteiger partial charge in [0.1, 0.15) is 6.07 Å². The first kappa shape index (κ1) is 12.5. The van der Waals surface area contributed by atoms with Crippen molar-refractivity contribution in [2.45, 2.75) is 20.3 Å². The van der Waals surface area contributed by atoms with Crippen LogP contribution in [0.3, 0.4) is 0 Å². The van der Waals surface area contributed by atoms with Gasteiger partial charge in [-0.2, -0.15) is 5.26 Å². The maximum absolute atomic E-state index is 8.94. The molecule has 0 bridgehead atoms. The number of nitrogens with zero attached hydrogens (tertiary/aromatic N) is 1. The number of ether oxygens (including phenoxy) is 1. The van der Waals surface area contributed by atoms with Crippen LogP contribution in [0.2, 0.25) is 0 Å². The smallest absolute Gasteiger partial charge is 0.101 e. The van der Waals surface area contributed by atoms with Crippen molar-refractivity contribution < 1.29 is 4.74 Å². The van der Waals surface area contributed by atoms with E-state index < -0.39 is 0 Å². The molecule has 0 heterocycles. The monoisotopic (exact) mass is 218 g/mol. The zero-order valence-corrected chi connectivity index (χ0v) is 9.92. The summed E-state index contributed by atoms with van der Waals surface area (Å²) in [4.78, 5) is 0. The van der Waals surface area contributed by atoms with Crippen LogP contribution in [0.5, 0.6) is 0 Å². The second-order valence-corrected chi connectivity index (χ2v) is 3.64. The van der Waals surface area contributed by atoms with E-state index in [2.05, 4.69) is 11.4 Å². The summed E-state index contributed by atoms with van der Waals surface area (Å²) in [7, 11) is 0. The number of anilines is 1. The number of nitrogens with one attached hydrogen (secondary N) is 1. The average molecular weight is 218 g/mol. The standard InChI is InChI=1S/C13H18N2O/c1-3-16-8-4-7-15-13-9-11(2)5-6-12(13)10-14/h5-6,9,15H,3-4,7-8H2,1-2H3. The minimum atomic E-state index is 0.696. The largest absolute Gasteiger partial charge is 0.384 e. The number of hydrogen-bond acceptors (Lipinski definition) is 3. The third-order valence-electron chi connectivity index (χ3n) is 2.28. The quantitative estimate of drug-likeness (QED) is 0.747. The van der Waals surface area contributed by atoms with Gasteiger partial charge >= 0.3 is 0 Å². The molecular weight excluding hydrogens is 200 g/mol. The van der Waals surface area contributed by atoms with Crippen molar-refractivity contribution >= 4 is 5.69 Å². The van der Waals surface area contributed by atoms with Crippen LogP contribution in [-0.2, 0) is 4.74 Å². The van der Waals surface area contributed by atoms with Crippen LogP contribution in [0.25, 0.3) is 0 Å².